The quantitative estimate of drug-likeness (QED) is 0.418. The third kappa shape index (κ3) is 3.57. The summed E-state index contributed by atoms with van der Waals surface area (Å²) in [5.41, 5.74) is 11.5. The molecule has 0 atom stereocenters. The fourth-order valence-corrected chi connectivity index (χ4v) is 4.77. The first-order valence-electron chi connectivity index (χ1n) is 11.3. The molecule has 2 fully saturated rings. The number of nitrogens with two attached hydrogens (primary N) is 1. The zero-order valence-electron chi connectivity index (χ0n) is 18.6. The van der Waals surface area contributed by atoms with Crippen molar-refractivity contribution in [1.82, 2.24) is 19.8 Å². The highest BCUT2D eigenvalue weighted by atomic mass is 16.5. The molecular formula is C26H24N6O2. The summed E-state index contributed by atoms with van der Waals surface area (Å²) in [5, 5.41) is 11.7. The van der Waals surface area contributed by atoms with Crippen molar-refractivity contribution in [3.05, 3.63) is 67.5 Å². The summed E-state index contributed by atoms with van der Waals surface area (Å²) < 4.78 is 7.67. The molecule has 0 unspecified atom stereocenters. The predicted octanol–water partition coefficient (Wildman–Crippen LogP) is 4.49. The van der Waals surface area contributed by atoms with Crippen LogP contribution in [0.2, 0.25) is 0 Å². The van der Waals surface area contributed by atoms with Crippen LogP contribution in [0.25, 0.3) is 27.9 Å². The summed E-state index contributed by atoms with van der Waals surface area (Å²) in [6.45, 7) is 3.48. The van der Waals surface area contributed by atoms with E-state index >= 15 is 0 Å². The fraction of sp³-hybridized carbons (Fsp3) is 0.231. The van der Waals surface area contributed by atoms with Crippen molar-refractivity contribution in [2.75, 3.05) is 11.1 Å². The molecule has 0 saturated heterocycles. The highest BCUT2D eigenvalue weighted by Crippen LogP contribution is 2.61. The van der Waals surface area contributed by atoms with Crippen LogP contribution in [-0.4, -0.2) is 31.8 Å². The van der Waals surface area contributed by atoms with E-state index in [1.54, 1.807) is 0 Å². The number of amides is 1. The van der Waals surface area contributed by atoms with Crippen molar-refractivity contribution in [2.45, 2.75) is 31.8 Å². The van der Waals surface area contributed by atoms with Gasteiger partial charge in [0, 0.05) is 16.8 Å². The molecule has 8 nitrogen and oxygen atoms in total. The Kier molecular flexibility index (Phi) is 4.62. The van der Waals surface area contributed by atoms with Gasteiger partial charge in [-0.05, 0) is 67.0 Å². The first-order chi connectivity index (χ1) is 16.5. The molecule has 8 heteroatoms. The van der Waals surface area contributed by atoms with Gasteiger partial charge in [0.1, 0.15) is 23.3 Å². The van der Waals surface area contributed by atoms with Crippen molar-refractivity contribution < 1.29 is 9.53 Å². The Bertz CT molecular complexity index is 1400. The molecule has 6 rings (SSSR count). The Labute approximate surface area is 196 Å². The number of nitrogens with zero attached hydrogens (tertiary/aromatic N) is 4. The highest BCUT2D eigenvalue weighted by molar-refractivity contribution is 5.99. The van der Waals surface area contributed by atoms with E-state index in [2.05, 4.69) is 22.0 Å². The molecule has 1 spiro atoms. The van der Waals surface area contributed by atoms with Crippen molar-refractivity contribution in [1.29, 1.82) is 0 Å². The number of fused-ring (bicyclic) bond motifs is 1. The van der Waals surface area contributed by atoms with Gasteiger partial charge in [0.05, 0.1) is 6.10 Å². The summed E-state index contributed by atoms with van der Waals surface area (Å²) in [6.07, 6.45) is 8.00. The zero-order chi connectivity index (χ0) is 23.3. The van der Waals surface area contributed by atoms with Crippen LogP contribution in [0.1, 0.15) is 25.7 Å². The van der Waals surface area contributed by atoms with E-state index in [1.165, 1.54) is 42.7 Å². The Morgan fingerprint density at radius 3 is 2.50 bits per heavy atom. The average Bonchev–Trinajstić information content (AvgIpc) is 3.52. The van der Waals surface area contributed by atoms with Gasteiger partial charge in [-0.25, -0.2) is 4.98 Å². The number of carbonyl (C=O) groups excluding carboxylic acids is 1. The number of aromatic nitrogens is 4. The van der Waals surface area contributed by atoms with Gasteiger partial charge in [0.2, 0.25) is 5.91 Å². The maximum atomic E-state index is 11.6. The number of benzene rings is 2. The van der Waals surface area contributed by atoms with E-state index in [0.717, 1.165) is 28.1 Å². The topological polar surface area (TPSA) is 107 Å². The van der Waals surface area contributed by atoms with Crippen LogP contribution in [0.4, 0.5) is 11.5 Å². The first-order valence-corrected chi connectivity index (χ1v) is 11.3. The van der Waals surface area contributed by atoms with E-state index in [0.29, 0.717) is 28.5 Å². The average molecular weight is 453 g/mol. The first kappa shape index (κ1) is 20.4. The molecular weight excluding hydrogens is 428 g/mol. The van der Waals surface area contributed by atoms with Crippen LogP contribution >= 0.6 is 0 Å². The van der Waals surface area contributed by atoms with Crippen LogP contribution in [0, 0.1) is 5.41 Å². The third-order valence-electron chi connectivity index (χ3n) is 6.80. The van der Waals surface area contributed by atoms with Gasteiger partial charge >= 0.3 is 0 Å². The number of nitrogens with one attached hydrogen (secondary N) is 1. The minimum Gasteiger partial charge on any atom is -0.490 e. The molecule has 0 radical (unpaired) electrons. The summed E-state index contributed by atoms with van der Waals surface area (Å²) >= 11 is 0. The Balaban J connectivity index is 1.35. The summed E-state index contributed by atoms with van der Waals surface area (Å²) in [6, 6.07) is 15.5. The maximum Gasteiger partial charge on any atom is 0.247 e. The molecule has 2 saturated carbocycles. The standard InChI is InChI=1S/C26H24N6O2/c1-2-21(33)30-18-7-3-17(4-8-18)23-22(24-25(27)28-15-29-32(24)31-23)16-5-9-19(10-6-16)34-20-13-26(14-20)11-12-26/h2-10,15,20H,1,11-14H2,(H,30,33)(H2,27,28,29). The lowest BCUT2D eigenvalue weighted by molar-refractivity contribution is -0.111. The Morgan fingerprint density at radius 1 is 1.12 bits per heavy atom. The molecule has 2 aliphatic carbocycles. The lowest BCUT2D eigenvalue weighted by Crippen LogP contribution is -2.34. The lowest BCUT2D eigenvalue weighted by Gasteiger charge is -2.35. The van der Waals surface area contributed by atoms with Crippen LogP contribution in [0.5, 0.6) is 5.75 Å². The molecule has 2 aliphatic rings. The number of nitrogen functional groups attached to an aromatic ring is 1. The lowest BCUT2D eigenvalue weighted by atomic mass is 9.79. The molecule has 3 N–H and O–H groups in total. The van der Waals surface area contributed by atoms with Crippen molar-refractivity contribution in [3.63, 3.8) is 0 Å². The van der Waals surface area contributed by atoms with Crippen molar-refractivity contribution >= 4 is 22.9 Å². The maximum absolute atomic E-state index is 11.6. The number of rotatable bonds is 6. The van der Waals surface area contributed by atoms with E-state index < -0.39 is 0 Å². The van der Waals surface area contributed by atoms with Gasteiger partial charge in [0.25, 0.3) is 0 Å². The van der Waals surface area contributed by atoms with E-state index in [1.807, 2.05) is 48.5 Å². The summed E-state index contributed by atoms with van der Waals surface area (Å²) in [4.78, 5) is 15.8. The largest absolute Gasteiger partial charge is 0.490 e. The van der Waals surface area contributed by atoms with Gasteiger partial charge in [-0.3, -0.25) is 4.79 Å². The van der Waals surface area contributed by atoms with Crippen LogP contribution in [-0.2, 0) is 4.79 Å². The van der Waals surface area contributed by atoms with E-state index in [-0.39, 0.29) is 5.91 Å². The number of anilines is 2. The molecule has 2 aromatic carbocycles. The number of ether oxygens (including phenoxy) is 1. The Hall–Kier alpha value is -4.20. The van der Waals surface area contributed by atoms with Gasteiger partial charge in [-0.2, -0.15) is 0 Å². The monoisotopic (exact) mass is 452 g/mol. The van der Waals surface area contributed by atoms with Gasteiger partial charge in [-0.15, -0.1) is 14.8 Å². The van der Waals surface area contributed by atoms with Crippen LogP contribution < -0.4 is 15.8 Å². The van der Waals surface area contributed by atoms with Crippen LogP contribution in [0.3, 0.4) is 0 Å². The van der Waals surface area contributed by atoms with Gasteiger partial charge < -0.3 is 15.8 Å². The second-order valence-electron chi connectivity index (χ2n) is 9.15. The summed E-state index contributed by atoms with van der Waals surface area (Å²) in [7, 11) is 0. The SMILES string of the molecule is C=CC(=O)Nc1ccc(-c2nn3ncnc(N)c3c2-c2ccc(OC3CC4(CC4)C3)cc2)cc1. The number of hydrogen-bond donors (Lipinski definition) is 2. The second-order valence-corrected chi connectivity index (χ2v) is 9.15. The molecule has 1 amide bonds. The minimum atomic E-state index is -0.263. The van der Waals surface area contributed by atoms with Gasteiger partial charge in [-0.1, -0.05) is 30.8 Å². The molecule has 4 aromatic rings. The fourth-order valence-electron chi connectivity index (χ4n) is 4.77. The third-order valence-corrected chi connectivity index (χ3v) is 6.80. The molecule has 2 heterocycles. The number of carbonyl (C=O) groups is 1. The molecule has 0 aliphatic heterocycles. The smallest absolute Gasteiger partial charge is 0.247 e. The normalized spacial score (nSPS) is 16.2. The molecule has 2 aromatic heterocycles. The van der Waals surface area contributed by atoms with Gasteiger partial charge in [0.15, 0.2) is 5.82 Å². The molecule has 34 heavy (non-hydrogen) atoms. The highest BCUT2D eigenvalue weighted by Gasteiger charge is 2.54. The van der Waals surface area contributed by atoms with Crippen LogP contribution in [0.15, 0.2) is 67.5 Å². The summed E-state index contributed by atoms with van der Waals surface area (Å²) in [5.74, 6) is 0.956. The number of hydrogen-bond acceptors (Lipinski definition) is 6. The Morgan fingerprint density at radius 2 is 1.82 bits per heavy atom. The molecule has 0 bridgehead atoms. The van der Waals surface area contributed by atoms with Crippen molar-refractivity contribution in [3.8, 4) is 28.1 Å². The molecule has 170 valence electrons. The minimum absolute atomic E-state index is 0.263. The van der Waals surface area contributed by atoms with E-state index in [4.69, 9.17) is 15.6 Å². The predicted molar refractivity (Wildman–Crippen MR) is 130 cm³/mol. The second kappa shape index (κ2) is 7.69. The van der Waals surface area contributed by atoms with E-state index in [9.17, 15) is 4.79 Å². The zero-order valence-corrected chi connectivity index (χ0v) is 18.6. The van der Waals surface area contributed by atoms with Crippen molar-refractivity contribution in [2.24, 2.45) is 5.41 Å².